The molecule has 1 rings (SSSR count). The smallest absolute Gasteiger partial charge is 0.304 e. The van der Waals surface area contributed by atoms with E-state index in [9.17, 15) is 4.79 Å². The standard InChI is InChI=1S/C11H22N2O2/c1-9(8-11(14)15)13(3)10-4-6-12(2)7-5-10/h9-10H,4-8H2,1-3H3,(H,14,15). The van der Waals surface area contributed by atoms with Crippen LogP contribution in [0.5, 0.6) is 0 Å². The Kier molecular flexibility index (Phi) is 4.54. The normalized spacial score (nSPS) is 21.9. The summed E-state index contributed by atoms with van der Waals surface area (Å²) in [7, 11) is 4.18. The second-order valence-corrected chi connectivity index (χ2v) is 4.65. The SMILES string of the molecule is CC(CC(=O)O)N(C)C1CCN(C)CC1. The van der Waals surface area contributed by atoms with Crippen molar-refractivity contribution in [1.29, 1.82) is 0 Å². The number of nitrogens with zero attached hydrogens (tertiary/aromatic N) is 2. The molecule has 4 nitrogen and oxygen atoms in total. The molecule has 0 radical (unpaired) electrons. The minimum absolute atomic E-state index is 0.135. The van der Waals surface area contributed by atoms with Gasteiger partial charge in [-0.2, -0.15) is 0 Å². The van der Waals surface area contributed by atoms with Crippen LogP contribution in [0.4, 0.5) is 0 Å². The van der Waals surface area contributed by atoms with Crippen molar-refractivity contribution < 1.29 is 9.90 Å². The molecule has 1 unspecified atom stereocenters. The molecule has 1 heterocycles. The third-order valence-corrected chi connectivity index (χ3v) is 3.43. The quantitative estimate of drug-likeness (QED) is 0.754. The predicted octanol–water partition coefficient (Wildman–Crippen LogP) is 0.876. The average Bonchev–Trinajstić information content (AvgIpc) is 2.17. The summed E-state index contributed by atoms with van der Waals surface area (Å²) in [6, 6.07) is 0.687. The Morgan fingerprint density at radius 3 is 2.53 bits per heavy atom. The molecule has 1 aliphatic rings. The fraction of sp³-hybridized carbons (Fsp3) is 0.909. The molecule has 0 saturated carbocycles. The number of rotatable bonds is 4. The van der Waals surface area contributed by atoms with Crippen LogP contribution in [-0.4, -0.2) is 60.1 Å². The summed E-state index contributed by atoms with van der Waals surface area (Å²) < 4.78 is 0. The van der Waals surface area contributed by atoms with Crippen LogP contribution in [0.1, 0.15) is 26.2 Å². The summed E-state index contributed by atoms with van der Waals surface area (Å²) in [5, 5.41) is 8.74. The third kappa shape index (κ3) is 3.80. The molecule has 1 fully saturated rings. The van der Waals surface area contributed by atoms with Gasteiger partial charge in [0.2, 0.25) is 0 Å². The zero-order valence-corrected chi connectivity index (χ0v) is 9.94. The predicted molar refractivity (Wildman–Crippen MR) is 60.0 cm³/mol. The van der Waals surface area contributed by atoms with E-state index in [1.165, 1.54) is 0 Å². The van der Waals surface area contributed by atoms with Crippen LogP contribution in [0.15, 0.2) is 0 Å². The Hall–Kier alpha value is -0.610. The molecular weight excluding hydrogens is 192 g/mol. The van der Waals surface area contributed by atoms with Gasteiger partial charge in [0, 0.05) is 12.1 Å². The second-order valence-electron chi connectivity index (χ2n) is 4.65. The molecule has 1 atom stereocenters. The van der Waals surface area contributed by atoms with Crippen LogP contribution in [0.3, 0.4) is 0 Å². The van der Waals surface area contributed by atoms with Gasteiger partial charge >= 0.3 is 5.97 Å². The van der Waals surface area contributed by atoms with Gasteiger partial charge in [-0.3, -0.25) is 4.79 Å². The number of hydrogen-bond donors (Lipinski definition) is 1. The maximum atomic E-state index is 10.6. The number of carboxylic acids is 1. The summed E-state index contributed by atoms with van der Waals surface area (Å²) in [6.07, 6.45) is 2.54. The molecule has 0 bridgehead atoms. The van der Waals surface area contributed by atoms with Crippen molar-refractivity contribution in [3.8, 4) is 0 Å². The number of piperidine rings is 1. The fourth-order valence-electron chi connectivity index (χ4n) is 2.16. The number of carboxylic acid groups (broad SMARTS) is 1. The van der Waals surface area contributed by atoms with Gasteiger partial charge in [-0.05, 0) is 47.0 Å². The molecule has 4 heteroatoms. The average molecular weight is 214 g/mol. The summed E-state index contributed by atoms with van der Waals surface area (Å²) >= 11 is 0. The Bertz CT molecular complexity index is 213. The lowest BCUT2D eigenvalue weighted by atomic mass is 10.0. The zero-order valence-electron chi connectivity index (χ0n) is 9.94. The molecule has 0 spiro atoms. The summed E-state index contributed by atoms with van der Waals surface area (Å²) in [5.74, 6) is -0.706. The van der Waals surface area contributed by atoms with Gasteiger partial charge in [0.25, 0.3) is 0 Å². The first-order chi connectivity index (χ1) is 7.00. The molecule has 0 aromatic rings. The first-order valence-corrected chi connectivity index (χ1v) is 5.63. The van der Waals surface area contributed by atoms with Crippen molar-refractivity contribution in [2.24, 2.45) is 0 Å². The molecular formula is C11H22N2O2. The highest BCUT2D eigenvalue weighted by Crippen LogP contribution is 2.17. The number of carbonyl (C=O) groups is 1. The van der Waals surface area contributed by atoms with Gasteiger partial charge in [0.15, 0.2) is 0 Å². The van der Waals surface area contributed by atoms with E-state index in [4.69, 9.17) is 5.11 Å². The molecule has 0 aromatic carbocycles. The van der Waals surface area contributed by atoms with Gasteiger partial charge < -0.3 is 14.9 Å². The third-order valence-electron chi connectivity index (χ3n) is 3.43. The zero-order chi connectivity index (χ0) is 11.4. The molecule has 0 amide bonds. The summed E-state index contributed by atoms with van der Waals surface area (Å²) in [6.45, 7) is 4.23. The molecule has 1 N–H and O–H groups in total. The molecule has 0 aromatic heterocycles. The molecule has 1 aliphatic heterocycles. The van der Waals surface area contributed by atoms with Crippen LogP contribution in [0.25, 0.3) is 0 Å². The highest BCUT2D eigenvalue weighted by Gasteiger charge is 2.24. The molecule has 15 heavy (non-hydrogen) atoms. The lowest BCUT2D eigenvalue weighted by Gasteiger charge is -2.37. The van der Waals surface area contributed by atoms with Gasteiger partial charge in [0.1, 0.15) is 0 Å². The van der Waals surface area contributed by atoms with Gasteiger partial charge in [0.05, 0.1) is 6.42 Å². The molecule has 88 valence electrons. The van der Waals surface area contributed by atoms with E-state index < -0.39 is 5.97 Å². The Morgan fingerprint density at radius 1 is 1.53 bits per heavy atom. The van der Waals surface area contributed by atoms with Gasteiger partial charge in [-0.25, -0.2) is 0 Å². The minimum Gasteiger partial charge on any atom is -0.481 e. The second kappa shape index (κ2) is 5.47. The Morgan fingerprint density at radius 2 is 2.07 bits per heavy atom. The van der Waals surface area contributed by atoms with E-state index in [0.717, 1.165) is 25.9 Å². The van der Waals surface area contributed by atoms with Crippen molar-refractivity contribution in [3.05, 3.63) is 0 Å². The number of likely N-dealkylation sites (tertiary alicyclic amines) is 1. The fourth-order valence-corrected chi connectivity index (χ4v) is 2.16. The lowest BCUT2D eigenvalue weighted by molar-refractivity contribution is -0.138. The van der Waals surface area contributed by atoms with E-state index >= 15 is 0 Å². The van der Waals surface area contributed by atoms with E-state index in [1.54, 1.807) is 0 Å². The highest BCUT2D eigenvalue weighted by molar-refractivity contribution is 5.67. The van der Waals surface area contributed by atoms with Gasteiger partial charge in [-0.15, -0.1) is 0 Å². The summed E-state index contributed by atoms with van der Waals surface area (Å²) in [4.78, 5) is 15.2. The van der Waals surface area contributed by atoms with E-state index in [1.807, 2.05) is 14.0 Å². The largest absolute Gasteiger partial charge is 0.481 e. The Balaban J connectivity index is 2.38. The van der Waals surface area contributed by atoms with Gasteiger partial charge in [-0.1, -0.05) is 0 Å². The maximum Gasteiger partial charge on any atom is 0.304 e. The number of aliphatic carboxylic acids is 1. The van der Waals surface area contributed by atoms with Crippen LogP contribution < -0.4 is 0 Å². The number of hydrogen-bond acceptors (Lipinski definition) is 3. The van der Waals surface area contributed by atoms with Crippen LogP contribution in [0.2, 0.25) is 0 Å². The van der Waals surface area contributed by atoms with Crippen LogP contribution in [-0.2, 0) is 4.79 Å². The van der Waals surface area contributed by atoms with Crippen molar-refractivity contribution in [3.63, 3.8) is 0 Å². The summed E-state index contributed by atoms with van der Waals surface area (Å²) in [5.41, 5.74) is 0. The van der Waals surface area contributed by atoms with E-state index in [-0.39, 0.29) is 12.5 Å². The van der Waals surface area contributed by atoms with E-state index in [2.05, 4.69) is 16.8 Å². The first kappa shape index (κ1) is 12.5. The maximum absolute atomic E-state index is 10.6. The van der Waals surface area contributed by atoms with Crippen molar-refractivity contribution in [2.75, 3.05) is 27.2 Å². The van der Waals surface area contributed by atoms with Crippen LogP contribution in [0, 0.1) is 0 Å². The van der Waals surface area contributed by atoms with E-state index in [0.29, 0.717) is 6.04 Å². The van der Waals surface area contributed by atoms with Crippen molar-refractivity contribution in [2.45, 2.75) is 38.3 Å². The topological polar surface area (TPSA) is 43.8 Å². The molecule has 0 aliphatic carbocycles. The van der Waals surface area contributed by atoms with Crippen LogP contribution >= 0.6 is 0 Å². The first-order valence-electron chi connectivity index (χ1n) is 5.63. The minimum atomic E-state index is -0.706. The van der Waals surface area contributed by atoms with Crippen molar-refractivity contribution >= 4 is 5.97 Å². The highest BCUT2D eigenvalue weighted by atomic mass is 16.4. The lowest BCUT2D eigenvalue weighted by Crippen LogP contribution is -2.45. The van der Waals surface area contributed by atoms with Crippen molar-refractivity contribution in [1.82, 2.24) is 9.80 Å². The molecule has 1 saturated heterocycles. The Labute approximate surface area is 91.9 Å². The monoisotopic (exact) mass is 214 g/mol.